The molecule has 0 heterocycles. The number of hydrogen-bond acceptors (Lipinski definition) is 4. The highest BCUT2D eigenvalue weighted by Gasteiger charge is 2.24. The quantitative estimate of drug-likeness (QED) is 0.600. The van der Waals surface area contributed by atoms with Gasteiger partial charge in [0.25, 0.3) is 11.8 Å². The Balaban J connectivity index is 1.92. The zero-order valence-corrected chi connectivity index (χ0v) is 16.5. The molecule has 2 atom stereocenters. The first-order valence-electron chi connectivity index (χ1n) is 8.98. The number of hydrogen-bond donors (Lipinski definition) is 3. The molecule has 0 saturated carbocycles. The Morgan fingerprint density at radius 1 is 1.04 bits per heavy atom. The zero-order valence-electron chi connectivity index (χ0n) is 16.5. The van der Waals surface area contributed by atoms with E-state index in [1.54, 1.807) is 69.6 Å². The van der Waals surface area contributed by atoms with Gasteiger partial charge >= 0.3 is 0 Å². The lowest BCUT2D eigenvalue weighted by Crippen LogP contribution is -3.14. The van der Waals surface area contributed by atoms with Crippen LogP contribution >= 0.6 is 0 Å². The number of methoxy groups -OCH3 is 1. The van der Waals surface area contributed by atoms with Crippen molar-refractivity contribution in [2.45, 2.75) is 19.9 Å². The Kier molecular flexibility index (Phi) is 7.28. The molecule has 7 heteroatoms. The molecular weight excluding hydrogens is 358 g/mol. The molecule has 0 aliphatic rings. The van der Waals surface area contributed by atoms with Crippen LogP contribution in [0.15, 0.2) is 48.5 Å². The molecule has 0 fully saturated rings. The van der Waals surface area contributed by atoms with Crippen LogP contribution in [0.3, 0.4) is 0 Å². The number of Topliss-reactive ketones (excluding diaryl/α,β-unsaturated/α-hetero) is 1. The third-order valence-electron chi connectivity index (χ3n) is 4.46. The van der Waals surface area contributed by atoms with Gasteiger partial charge in [-0.1, -0.05) is 18.2 Å². The smallest absolute Gasteiger partial charge is 0.282 e. The monoisotopic (exact) mass is 384 g/mol. The van der Waals surface area contributed by atoms with Gasteiger partial charge in [-0.25, -0.2) is 0 Å². The first kappa shape index (κ1) is 21.1. The summed E-state index contributed by atoms with van der Waals surface area (Å²) in [6.07, 6.45) is 0. The van der Waals surface area contributed by atoms with E-state index in [0.717, 1.165) is 4.90 Å². The number of ketones is 1. The molecule has 0 aromatic heterocycles. The predicted octanol–water partition coefficient (Wildman–Crippen LogP) is 1.38. The van der Waals surface area contributed by atoms with E-state index in [-0.39, 0.29) is 24.1 Å². The highest BCUT2D eigenvalue weighted by atomic mass is 16.5. The number of amides is 2. The summed E-state index contributed by atoms with van der Waals surface area (Å²) in [6, 6.07) is 13.4. The van der Waals surface area contributed by atoms with E-state index in [1.807, 2.05) is 0 Å². The summed E-state index contributed by atoms with van der Waals surface area (Å²) in [7, 11) is 3.34. The van der Waals surface area contributed by atoms with Crippen molar-refractivity contribution in [2.24, 2.45) is 0 Å². The minimum absolute atomic E-state index is 0.0684. The largest absolute Gasteiger partial charge is 0.497 e. The van der Waals surface area contributed by atoms with Gasteiger partial charge in [-0.15, -0.1) is 0 Å². The Hall–Kier alpha value is -3.19. The Morgan fingerprint density at radius 2 is 1.68 bits per heavy atom. The fourth-order valence-electron chi connectivity index (χ4n) is 2.60. The summed E-state index contributed by atoms with van der Waals surface area (Å²) >= 11 is 0. The van der Waals surface area contributed by atoms with Gasteiger partial charge < -0.3 is 20.3 Å². The van der Waals surface area contributed by atoms with Crippen LogP contribution in [-0.2, 0) is 9.59 Å². The number of likely N-dealkylation sites (N-methyl/N-ethyl adjacent to an activating group) is 1. The normalized spacial score (nSPS) is 12.6. The van der Waals surface area contributed by atoms with Crippen LogP contribution in [-0.4, -0.2) is 44.3 Å². The zero-order chi connectivity index (χ0) is 20.7. The first-order valence-corrected chi connectivity index (χ1v) is 8.98. The molecular formula is C21H26N3O4+. The first-order chi connectivity index (χ1) is 13.3. The van der Waals surface area contributed by atoms with Gasteiger partial charge in [0.1, 0.15) is 5.75 Å². The second-order valence-corrected chi connectivity index (χ2v) is 6.65. The third-order valence-corrected chi connectivity index (χ3v) is 4.46. The summed E-state index contributed by atoms with van der Waals surface area (Å²) in [5.41, 5.74) is 1.72. The molecule has 7 nitrogen and oxygen atoms in total. The number of benzene rings is 2. The summed E-state index contributed by atoms with van der Waals surface area (Å²) in [5, 5.41) is 5.60. The lowest BCUT2D eigenvalue weighted by molar-refractivity contribution is -0.885. The van der Waals surface area contributed by atoms with E-state index < -0.39 is 6.04 Å². The number of anilines is 2. The molecule has 1 unspecified atom stereocenters. The molecule has 2 amide bonds. The summed E-state index contributed by atoms with van der Waals surface area (Å²) < 4.78 is 5.14. The molecule has 0 spiro atoms. The second kappa shape index (κ2) is 9.66. The maximum absolute atomic E-state index is 12.5. The third kappa shape index (κ3) is 5.92. The number of nitrogens with one attached hydrogen (secondary N) is 3. The van der Waals surface area contributed by atoms with Crippen molar-refractivity contribution >= 4 is 29.0 Å². The summed E-state index contributed by atoms with van der Waals surface area (Å²) in [4.78, 5) is 37.0. The molecule has 0 aliphatic heterocycles. The van der Waals surface area contributed by atoms with E-state index in [1.165, 1.54) is 6.92 Å². The van der Waals surface area contributed by atoms with Gasteiger partial charge in [0.15, 0.2) is 18.4 Å². The fourth-order valence-corrected chi connectivity index (χ4v) is 2.60. The van der Waals surface area contributed by atoms with E-state index in [2.05, 4.69) is 10.6 Å². The molecule has 2 aromatic carbocycles. The molecule has 0 radical (unpaired) electrons. The second-order valence-electron chi connectivity index (χ2n) is 6.65. The highest BCUT2D eigenvalue weighted by molar-refractivity contribution is 5.98. The molecule has 148 valence electrons. The number of carbonyl (C=O) groups excluding carboxylic acids is 3. The van der Waals surface area contributed by atoms with Crippen molar-refractivity contribution in [1.29, 1.82) is 0 Å². The van der Waals surface area contributed by atoms with Gasteiger partial charge in [-0.05, 0) is 38.1 Å². The molecule has 2 aromatic rings. The van der Waals surface area contributed by atoms with Crippen LogP contribution in [0.1, 0.15) is 24.2 Å². The SMILES string of the molecule is COc1cccc(NC(=O)C[NH+](C)[C@H](C)C(=O)Nc2cccc(C(C)=O)c2)c1. The number of carbonyl (C=O) groups is 3. The lowest BCUT2D eigenvalue weighted by Gasteiger charge is -2.20. The minimum atomic E-state index is -0.461. The van der Waals surface area contributed by atoms with Gasteiger partial charge in [-0.3, -0.25) is 14.4 Å². The van der Waals surface area contributed by atoms with Crippen LogP contribution in [0.5, 0.6) is 5.75 Å². The molecule has 3 N–H and O–H groups in total. The summed E-state index contributed by atoms with van der Waals surface area (Å²) in [5.74, 6) is 0.150. The molecule has 0 saturated heterocycles. The van der Waals surface area contributed by atoms with Crippen LogP contribution in [0.4, 0.5) is 11.4 Å². The molecule has 2 rings (SSSR count). The molecule has 28 heavy (non-hydrogen) atoms. The van der Waals surface area contributed by atoms with Crippen molar-refractivity contribution in [1.82, 2.24) is 0 Å². The van der Waals surface area contributed by atoms with Crippen LogP contribution in [0, 0.1) is 0 Å². The highest BCUT2D eigenvalue weighted by Crippen LogP contribution is 2.16. The van der Waals surface area contributed by atoms with Crippen molar-refractivity contribution in [3.8, 4) is 5.75 Å². The van der Waals surface area contributed by atoms with Gasteiger partial charge in [0, 0.05) is 23.0 Å². The maximum atomic E-state index is 12.5. The fraction of sp³-hybridized carbons (Fsp3) is 0.286. The topological polar surface area (TPSA) is 88.9 Å². The van der Waals surface area contributed by atoms with Gasteiger partial charge in [0.05, 0.1) is 14.2 Å². The van der Waals surface area contributed by atoms with Crippen molar-refractivity contribution in [3.05, 3.63) is 54.1 Å². The van der Waals surface area contributed by atoms with Crippen molar-refractivity contribution in [3.63, 3.8) is 0 Å². The van der Waals surface area contributed by atoms with E-state index >= 15 is 0 Å². The van der Waals surface area contributed by atoms with E-state index in [9.17, 15) is 14.4 Å². The Bertz CT molecular complexity index is 866. The Morgan fingerprint density at radius 3 is 2.32 bits per heavy atom. The Labute approximate surface area is 164 Å². The molecule has 0 aliphatic carbocycles. The lowest BCUT2D eigenvalue weighted by atomic mass is 10.1. The summed E-state index contributed by atoms with van der Waals surface area (Å²) in [6.45, 7) is 3.35. The predicted molar refractivity (Wildman–Crippen MR) is 108 cm³/mol. The standard InChI is InChI=1S/C21H25N3O4/c1-14(21(27)23-17-8-5-7-16(11-17)15(2)25)24(3)13-20(26)22-18-9-6-10-19(12-18)28-4/h5-12,14H,13H2,1-4H3,(H,22,26)(H,23,27)/p+1/t14-/m1/s1. The van der Waals surface area contributed by atoms with Gasteiger partial charge in [0.2, 0.25) is 0 Å². The average molecular weight is 384 g/mol. The van der Waals surface area contributed by atoms with Crippen LogP contribution in [0.2, 0.25) is 0 Å². The maximum Gasteiger partial charge on any atom is 0.282 e. The minimum Gasteiger partial charge on any atom is -0.497 e. The van der Waals surface area contributed by atoms with Gasteiger partial charge in [-0.2, -0.15) is 0 Å². The van der Waals surface area contributed by atoms with Crippen molar-refractivity contribution < 1.29 is 24.0 Å². The van der Waals surface area contributed by atoms with Crippen LogP contribution < -0.4 is 20.3 Å². The molecule has 0 bridgehead atoms. The average Bonchev–Trinajstić information content (AvgIpc) is 2.67. The van der Waals surface area contributed by atoms with E-state index in [0.29, 0.717) is 22.7 Å². The van der Waals surface area contributed by atoms with E-state index in [4.69, 9.17) is 4.74 Å². The van der Waals surface area contributed by atoms with Crippen LogP contribution in [0.25, 0.3) is 0 Å². The number of quaternary nitrogens is 1. The number of ether oxygens (including phenoxy) is 1. The number of rotatable bonds is 8. The van der Waals surface area contributed by atoms with Crippen molar-refractivity contribution in [2.75, 3.05) is 31.3 Å².